The largest absolute Gasteiger partial charge is 0.396 e. The zero-order valence-corrected chi connectivity index (χ0v) is 8.26. The average Bonchev–Trinajstić information content (AvgIpc) is 2.09. The lowest BCUT2D eigenvalue weighted by Gasteiger charge is -2.08. The van der Waals surface area contributed by atoms with Crippen molar-refractivity contribution >= 4 is 0 Å². The molecule has 0 bridgehead atoms. The highest BCUT2D eigenvalue weighted by molar-refractivity contribution is 4.66. The van der Waals surface area contributed by atoms with Gasteiger partial charge in [-0.15, -0.1) is 6.58 Å². The van der Waals surface area contributed by atoms with Crippen molar-refractivity contribution in [2.24, 2.45) is 5.92 Å². The van der Waals surface area contributed by atoms with Crippen molar-refractivity contribution in [1.29, 1.82) is 0 Å². The van der Waals surface area contributed by atoms with Gasteiger partial charge in [-0.05, 0) is 31.6 Å². The maximum Gasteiger partial charge on any atom is 0.0431 e. The summed E-state index contributed by atoms with van der Waals surface area (Å²) in [6.45, 7) is 6.31. The van der Waals surface area contributed by atoms with Crippen molar-refractivity contribution in [2.45, 2.75) is 45.4 Å². The predicted octanol–water partition coefficient (Wildman–Crippen LogP) is 3.14. The highest BCUT2D eigenvalue weighted by Gasteiger charge is 2.00. The van der Waals surface area contributed by atoms with Crippen molar-refractivity contribution in [3.05, 3.63) is 12.7 Å². The van der Waals surface area contributed by atoms with E-state index in [1.54, 1.807) is 0 Å². The van der Waals surface area contributed by atoms with Gasteiger partial charge in [-0.3, -0.25) is 0 Å². The summed E-state index contributed by atoms with van der Waals surface area (Å²) >= 11 is 0. The third kappa shape index (κ3) is 7.80. The number of rotatable bonds is 8. The second-order valence-electron chi connectivity index (χ2n) is 3.54. The van der Waals surface area contributed by atoms with Crippen LogP contribution in [0.5, 0.6) is 0 Å². The monoisotopic (exact) mass is 170 g/mol. The van der Waals surface area contributed by atoms with Gasteiger partial charge in [0.05, 0.1) is 0 Å². The second-order valence-corrected chi connectivity index (χ2v) is 3.54. The Morgan fingerprint density at radius 1 is 1.25 bits per heavy atom. The van der Waals surface area contributed by atoms with Crippen LogP contribution in [0.15, 0.2) is 12.7 Å². The van der Waals surface area contributed by atoms with E-state index in [0.717, 1.165) is 18.8 Å². The molecule has 72 valence electrons. The number of hydrogen-bond acceptors (Lipinski definition) is 1. The van der Waals surface area contributed by atoms with Gasteiger partial charge >= 0.3 is 0 Å². The minimum absolute atomic E-state index is 0.344. The van der Waals surface area contributed by atoms with Crippen LogP contribution in [-0.2, 0) is 0 Å². The van der Waals surface area contributed by atoms with Crippen molar-refractivity contribution in [1.82, 2.24) is 0 Å². The minimum atomic E-state index is 0.344. The van der Waals surface area contributed by atoms with Gasteiger partial charge in [0.1, 0.15) is 0 Å². The van der Waals surface area contributed by atoms with Crippen molar-refractivity contribution in [2.75, 3.05) is 6.61 Å². The lowest BCUT2D eigenvalue weighted by Crippen LogP contribution is -1.96. The zero-order valence-electron chi connectivity index (χ0n) is 8.26. The van der Waals surface area contributed by atoms with E-state index in [0.29, 0.717) is 6.61 Å². The predicted molar refractivity (Wildman–Crippen MR) is 54.1 cm³/mol. The summed E-state index contributed by atoms with van der Waals surface area (Å²) in [4.78, 5) is 0. The van der Waals surface area contributed by atoms with Crippen LogP contribution < -0.4 is 0 Å². The summed E-state index contributed by atoms with van der Waals surface area (Å²) in [5.41, 5.74) is 0. The van der Waals surface area contributed by atoms with Gasteiger partial charge in [-0.1, -0.05) is 25.8 Å². The first-order valence-corrected chi connectivity index (χ1v) is 5.03. The molecule has 0 fully saturated rings. The summed E-state index contributed by atoms with van der Waals surface area (Å²) in [7, 11) is 0. The maximum absolute atomic E-state index is 8.61. The molecule has 0 aromatic rings. The van der Waals surface area contributed by atoms with Gasteiger partial charge in [0.2, 0.25) is 0 Å². The molecule has 1 unspecified atom stereocenters. The smallest absolute Gasteiger partial charge is 0.0431 e. The van der Waals surface area contributed by atoms with Crippen molar-refractivity contribution < 1.29 is 5.11 Å². The molecule has 12 heavy (non-hydrogen) atoms. The molecule has 0 aromatic heterocycles. The van der Waals surface area contributed by atoms with Gasteiger partial charge in [0.15, 0.2) is 0 Å². The summed E-state index contributed by atoms with van der Waals surface area (Å²) in [5.74, 6) is 0.780. The van der Waals surface area contributed by atoms with Crippen LogP contribution in [-0.4, -0.2) is 11.7 Å². The molecule has 0 aliphatic heterocycles. The first kappa shape index (κ1) is 11.7. The van der Waals surface area contributed by atoms with Gasteiger partial charge in [-0.25, -0.2) is 0 Å². The fourth-order valence-electron chi connectivity index (χ4n) is 1.37. The first-order valence-electron chi connectivity index (χ1n) is 5.03. The third-order valence-electron chi connectivity index (χ3n) is 2.21. The Hall–Kier alpha value is -0.300. The van der Waals surface area contributed by atoms with Gasteiger partial charge in [0, 0.05) is 6.61 Å². The van der Waals surface area contributed by atoms with Crippen molar-refractivity contribution in [3.8, 4) is 0 Å². The lowest BCUT2D eigenvalue weighted by atomic mass is 9.98. The highest BCUT2D eigenvalue weighted by Crippen LogP contribution is 2.14. The fraction of sp³-hybridized carbons (Fsp3) is 0.818. The van der Waals surface area contributed by atoms with E-state index in [1.165, 1.54) is 25.7 Å². The molecule has 0 aliphatic rings. The molecule has 1 heteroatoms. The Balaban J connectivity index is 3.07. The van der Waals surface area contributed by atoms with Crippen LogP contribution in [0, 0.1) is 5.92 Å². The summed E-state index contributed by atoms with van der Waals surface area (Å²) in [6, 6.07) is 0. The number of aliphatic hydroxyl groups is 1. The topological polar surface area (TPSA) is 20.2 Å². The molecule has 1 nitrogen and oxygen atoms in total. The SMILES string of the molecule is C=CCCCCC(C)CCCO. The number of allylic oxidation sites excluding steroid dienone is 1. The standard InChI is InChI=1S/C11H22O/c1-3-4-5-6-8-11(2)9-7-10-12/h3,11-12H,1,4-10H2,2H3. The average molecular weight is 170 g/mol. The summed E-state index contributed by atoms with van der Waals surface area (Å²) in [5, 5.41) is 8.61. The van der Waals surface area contributed by atoms with E-state index in [9.17, 15) is 0 Å². The first-order chi connectivity index (χ1) is 5.81. The van der Waals surface area contributed by atoms with Crippen molar-refractivity contribution in [3.63, 3.8) is 0 Å². The molecule has 0 saturated carbocycles. The fourth-order valence-corrected chi connectivity index (χ4v) is 1.37. The van der Waals surface area contributed by atoms with E-state index >= 15 is 0 Å². The molecule has 1 atom stereocenters. The normalized spacial score (nSPS) is 12.8. The van der Waals surface area contributed by atoms with E-state index in [2.05, 4.69) is 13.5 Å². The molecule has 0 aliphatic carbocycles. The van der Waals surface area contributed by atoms with E-state index < -0.39 is 0 Å². The van der Waals surface area contributed by atoms with Crippen LogP contribution >= 0.6 is 0 Å². The molecule has 0 spiro atoms. The summed E-state index contributed by atoms with van der Waals surface area (Å²) < 4.78 is 0. The van der Waals surface area contributed by atoms with Gasteiger partial charge in [-0.2, -0.15) is 0 Å². The molecule has 0 rings (SSSR count). The molecule has 0 saturated heterocycles. The van der Waals surface area contributed by atoms with Crippen LogP contribution in [0.25, 0.3) is 0 Å². The molecule has 0 amide bonds. The van der Waals surface area contributed by atoms with Crippen LogP contribution in [0.1, 0.15) is 45.4 Å². The third-order valence-corrected chi connectivity index (χ3v) is 2.21. The molecular weight excluding hydrogens is 148 g/mol. The molecule has 1 N–H and O–H groups in total. The van der Waals surface area contributed by atoms with Crippen LogP contribution in [0.2, 0.25) is 0 Å². The Kier molecular flexibility index (Phi) is 8.57. The second kappa shape index (κ2) is 8.79. The molecule has 0 aromatic carbocycles. The van der Waals surface area contributed by atoms with Crippen LogP contribution in [0.3, 0.4) is 0 Å². The minimum Gasteiger partial charge on any atom is -0.396 e. The van der Waals surface area contributed by atoms with E-state index in [4.69, 9.17) is 5.11 Å². The zero-order chi connectivity index (χ0) is 9.23. The Bertz CT molecular complexity index is 99.2. The van der Waals surface area contributed by atoms with E-state index in [-0.39, 0.29) is 0 Å². The Labute approximate surface area is 76.5 Å². The number of aliphatic hydroxyl groups excluding tert-OH is 1. The van der Waals surface area contributed by atoms with Crippen LogP contribution in [0.4, 0.5) is 0 Å². The maximum atomic E-state index is 8.61. The van der Waals surface area contributed by atoms with Gasteiger partial charge in [0.25, 0.3) is 0 Å². The Morgan fingerprint density at radius 2 is 1.92 bits per heavy atom. The molecule has 0 heterocycles. The summed E-state index contributed by atoms with van der Waals surface area (Å²) in [6.07, 6.45) is 9.14. The quantitative estimate of drug-likeness (QED) is 0.438. The lowest BCUT2D eigenvalue weighted by molar-refractivity contribution is 0.271. The van der Waals surface area contributed by atoms with E-state index in [1.807, 2.05) is 6.08 Å². The highest BCUT2D eigenvalue weighted by atomic mass is 16.2. The number of unbranched alkanes of at least 4 members (excludes halogenated alkanes) is 2. The molecule has 0 radical (unpaired) electrons. The van der Waals surface area contributed by atoms with Gasteiger partial charge < -0.3 is 5.11 Å². The number of hydrogen-bond donors (Lipinski definition) is 1. The Morgan fingerprint density at radius 3 is 2.50 bits per heavy atom. The molecular formula is C11H22O.